The molecular formula is C12H10ClF3N2O3. The summed E-state index contributed by atoms with van der Waals surface area (Å²) in [6, 6.07) is 2.31. The van der Waals surface area contributed by atoms with Crippen LogP contribution in [0.4, 0.5) is 13.2 Å². The Hall–Kier alpha value is -1.96. The van der Waals surface area contributed by atoms with Gasteiger partial charge in [0.25, 0.3) is 0 Å². The van der Waals surface area contributed by atoms with Crippen LogP contribution in [-0.2, 0) is 17.7 Å². The maximum atomic E-state index is 12.5. The van der Waals surface area contributed by atoms with Crippen molar-refractivity contribution in [2.45, 2.75) is 12.2 Å². The first-order chi connectivity index (χ1) is 9.76. The molecule has 1 aromatic carbocycles. The molecule has 0 radical (unpaired) electrons. The summed E-state index contributed by atoms with van der Waals surface area (Å²) in [6.45, 7) is 0. The number of carbonyl (C=O) groups is 1. The zero-order valence-corrected chi connectivity index (χ0v) is 11.7. The van der Waals surface area contributed by atoms with Crippen LogP contribution in [0.1, 0.15) is 16.2 Å². The lowest BCUT2D eigenvalue weighted by molar-refractivity contribution is -0.274. The average molecular weight is 323 g/mol. The number of ether oxygens (including phenoxy) is 2. The number of methoxy groups -OCH3 is 1. The largest absolute Gasteiger partial charge is 0.573 e. The highest BCUT2D eigenvalue weighted by Gasteiger charge is 2.33. The van der Waals surface area contributed by atoms with E-state index in [1.165, 1.54) is 10.6 Å². The van der Waals surface area contributed by atoms with E-state index in [4.69, 9.17) is 11.6 Å². The Bertz CT molecular complexity index is 697. The summed E-state index contributed by atoms with van der Waals surface area (Å²) in [5.74, 6) is -1.00. The van der Waals surface area contributed by atoms with E-state index in [1.807, 2.05) is 0 Å². The van der Waals surface area contributed by atoms with Crippen LogP contribution in [0.25, 0.3) is 11.0 Å². The number of aryl methyl sites for hydroxylation is 1. The van der Waals surface area contributed by atoms with E-state index in [2.05, 4.69) is 14.5 Å². The van der Waals surface area contributed by atoms with Gasteiger partial charge in [0.2, 0.25) is 0 Å². The molecule has 114 valence electrons. The monoisotopic (exact) mass is 322 g/mol. The molecule has 0 saturated carbocycles. The van der Waals surface area contributed by atoms with Gasteiger partial charge in [0.05, 0.1) is 24.1 Å². The summed E-state index contributed by atoms with van der Waals surface area (Å²) >= 11 is 5.68. The fourth-order valence-corrected chi connectivity index (χ4v) is 2.10. The number of fused-ring (bicyclic) bond motifs is 1. The van der Waals surface area contributed by atoms with E-state index in [1.54, 1.807) is 7.05 Å². The van der Waals surface area contributed by atoms with Gasteiger partial charge in [0.1, 0.15) is 11.3 Å². The van der Waals surface area contributed by atoms with Crippen LogP contribution in [0, 0.1) is 0 Å². The van der Waals surface area contributed by atoms with Gasteiger partial charge in [-0.15, -0.1) is 24.8 Å². The molecule has 0 aliphatic rings. The van der Waals surface area contributed by atoms with E-state index >= 15 is 0 Å². The van der Waals surface area contributed by atoms with Crippen molar-refractivity contribution in [3.05, 3.63) is 23.5 Å². The van der Waals surface area contributed by atoms with Crippen molar-refractivity contribution in [3.8, 4) is 5.75 Å². The number of halogens is 4. The third-order valence-electron chi connectivity index (χ3n) is 2.81. The van der Waals surface area contributed by atoms with Crippen molar-refractivity contribution < 1.29 is 27.4 Å². The van der Waals surface area contributed by atoms with Gasteiger partial charge in [-0.05, 0) is 12.1 Å². The molecule has 2 rings (SSSR count). The standard InChI is InChI=1S/C12H10ClF3N2O3/c1-18-7-3-6(11(19)20-2)4-8(21-12(14,15)16)10(7)17-9(18)5-13/h3-4H,5H2,1-2H3. The predicted octanol–water partition coefficient (Wildman–Crippen LogP) is 3.00. The molecule has 0 aliphatic heterocycles. The van der Waals surface area contributed by atoms with Gasteiger partial charge >= 0.3 is 12.3 Å². The van der Waals surface area contributed by atoms with Gasteiger partial charge in [-0.25, -0.2) is 9.78 Å². The van der Waals surface area contributed by atoms with Crippen molar-refractivity contribution in [2.24, 2.45) is 7.05 Å². The third kappa shape index (κ3) is 3.05. The number of carbonyl (C=O) groups excluding carboxylic acids is 1. The lowest BCUT2D eigenvalue weighted by Gasteiger charge is -2.10. The summed E-state index contributed by atoms with van der Waals surface area (Å²) in [4.78, 5) is 15.5. The maximum absolute atomic E-state index is 12.5. The minimum Gasteiger partial charge on any atom is -0.465 e. The average Bonchev–Trinajstić information content (AvgIpc) is 2.73. The van der Waals surface area contributed by atoms with Gasteiger partial charge in [0.15, 0.2) is 5.75 Å². The SMILES string of the molecule is COC(=O)c1cc(OC(F)(F)F)c2nc(CCl)n(C)c2c1. The Morgan fingerprint density at radius 2 is 2.10 bits per heavy atom. The van der Waals surface area contributed by atoms with Crippen molar-refractivity contribution in [2.75, 3.05) is 7.11 Å². The second-order valence-corrected chi connectivity index (χ2v) is 4.37. The normalized spacial score (nSPS) is 11.7. The smallest absolute Gasteiger partial charge is 0.465 e. The van der Waals surface area contributed by atoms with Crippen LogP contribution in [0.15, 0.2) is 12.1 Å². The van der Waals surface area contributed by atoms with Crippen LogP contribution in [0.3, 0.4) is 0 Å². The molecule has 1 heterocycles. The molecule has 0 unspecified atom stereocenters. The number of aromatic nitrogens is 2. The molecule has 5 nitrogen and oxygen atoms in total. The molecular weight excluding hydrogens is 313 g/mol. The number of imidazole rings is 1. The van der Waals surface area contributed by atoms with E-state index < -0.39 is 18.1 Å². The Labute approximate surface area is 122 Å². The Kier molecular flexibility index (Phi) is 3.99. The number of esters is 1. The lowest BCUT2D eigenvalue weighted by atomic mass is 10.2. The van der Waals surface area contributed by atoms with Gasteiger partial charge in [-0.3, -0.25) is 0 Å². The highest BCUT2D eigenvalue weighted by molar-refractivity contribution is 6.17. The van der Waals surface area contributed by atoms with Crippen LogP contribution in [0.5, 0.6) is 5.75 Å². The molecule has 0 N–H and O–H groups in total. The van der Waals surface area contributed by atoms with E-state index in [0.717, 1.165) is 13.2 Å². The zero-order valence-electron chi connectivity index (χ0n) is 11.0. The summed E-state index contributed by atoms with van der Waals surface area (Å²) in [6.07, 6.45) is -4.90. The number of benzene rings is 1. The molecule has 21 heavy (non-hydrogen) atoms. The highest BCUT2D eigenvalue weighted by Crippen LogP contribution is 2.32. The number of alkyl halides is 4. The minimum absolute atomic E-state index is 0.00416. The third-order valence-corrected chi connectivity index (χ3v) is 3.05. The molecule has 0 spiro atoms. The van der Waals surface area contributed by atoms with Crippen LogP contribution in [-0.4, -0.2) is 29.0 Å². The number of rotatable bonds is 3. The van der Waals surface area contributed by atoms with Crippen molar-refractivity contribution in [1.82, 2.24) is 9.55 Å². The van der Waals surface area contributed by atoms with Crippen LogP contribution in [0.2, 0.25) is 0 Å². The molecule has 0 fully saturated rings. The number of nitrogens with zero attached hydrogens (tertiary/aromatic N) is 2. The first kappa shape index (κ1) is 15.4. The molecule has 0 bridgehead atoms. The maximum Gasteiger partial charge on any atom is 0.573 e. The lowest BCUT2D eigenvalue weighted by Crippen LogP contribution is -2.18. The van der Waals surface area contributed by atoms with E-state index in [-0.39, 0.29) is 22.5 Å². The second-order valence-electron chi connectivity index (χ2n) is 4.10. The fourth-order valence-electron chi connectivity index (χ4n) is 1.86. The van der Waals surface area contributed by atoms with Crippen LogP contribution < -0.4 is 4.74 Å². The molecule has 0 atom stereocenters. The van der Waals surface area contributed by atoms with Gasteiger partial charge in [-0.2, -0.15) is 0 Å². The first-order valence-electron chi connectivity index (χ1n) is 5.66. The summed E-state index contributed by atoms with van der Waals surface area (Å²) in [5, 5.41) is 0. The Balaban J connectivity index is 2.70. The quantitative estimate of drug-likeness (QED) is 0.644. The molecule has 0 amide bonds. The van der Waals surface area contributed by atoms with Crippen LogP contribution >= 0.6 is 11.6 Å². The summed E-state index contributed by atoms with van der Waals surface area (Å²) < 4.78 is 47.4. The Morgan fingerprint density at radius 1 is 1.43 bits per heavy atom. The fraction of sp³-hybridized carbons (Fsp3) is 0.333. The summed E-state index contributed by atoms with van der Waals surface area (Å²) in [7, 11) is 2.70. The Morgan fingerprint density at radius 3 is 2.62 bits per heavy atom. The predicted molar refractivity (Wildman–Crippen MR) is 68.3 cm³/mol. The van der Waals surface area contributed by atoms with Gasteiger partial charge in [0, 0.05) is 7.05 Å². The minimum atomic E-state index is -4.90. The van der Waals surface area contributed by atoms with Gasteiger partial charge in [-0.1, -0.05) is 0 Å². The summed E-state index contributed by atoms with van der Waals surface area (Å²) in [5.41, 5.74) is 0.180. The molecule has 1 aromatic heterocycles. The molecule has 0 aliphatic carbocycles. The van der Waals surface area contributed by atoms with Crippen molar-refractivity contribution in [3.63, 3.8) is 0 Å². The topological polar surface area (TPSA) is 53.4 Å². The second kappa shape index (κ2) is 5.44. The van der Waals surface area contributed by atoms with Crippen molar-refractivity contribution >= 4 is 28.6 Å². The highest BCUT2D eigenvalue weighted by atomic mass is 35.5. The van der Waals surface area contributed by atoms with E-state index in [9.17, 15) is 18.0 Å². The van der Waals surface area contributed by atoms with E-state index in [0.29, 0.717) is 5.82 Å². The van der Waals surface area contributed by atoms with Gasteiger partial charge < -0.3 is 14.0 Å². The molecule has 9 heteroatoms. The van der Waals surface area contributed by atoms with Crippen molar-refractivity contribution in [1.29, 1.82) is 0 Å². The molecule has 2 aromatic rings. The zero-order chi connectivity index (χ0) is 15.8. The molecule has 0 saturated heterocycles. The number of hydrogen-bond donors (Lipinski definition) is 0. The first-order valence-corrected chi connectivity index (χ1v) is 6.19. The number of hydrogen-bond acceptors (Lipinski definition) is 4.